The molecule has 4 heterocycles. The quantitative estimate of drug-likeness (QED) is 0.0162. The van der Waals surface area contributed by atoms with Gasteiger partial charge in [0.1, 0.15) is 135 Å². The number of hydrogen-bond donors (Lipinski definition) is 19. The van der Waals surface area contributed by atoms with Crippen LogP contribution in [-0.2, 0) is 56.3 Å². The number of hydrogen-bond acceptors (Lipinski definition) is 30. The molecular weight excluding hydrogens is 1140 g/mol. The molecule has 0 spiro atoms. The number of aliphatic hydroxyl groups is 18. The summed E-state index contributed by atoms with van der Waals surface area (Å²) in [5.74, 6) is -2.56. The van der Waals surface area contributed by atoms with Crippen molar-refractivity contribution in [3.8, 4) is 0 Å². The predicted octanol–water partition coefficient (Wildman–Crippen LogP) is -5.96. The number of phosphoric acid groups is 1. The Balaban J connectivity index is 1.22. The molecule has 0 aromatic heterocycles. The number of esters is 1. The van der Waals surface area contributed by atoms with Crippen molar-refractivity contribution in [2.45, 2.75) is 269 Å². The highest BCUT2D eigenvalue weighted by Gasteiger charge is 2.58. The molecule has 31 nitrogen and oxygen atoms in total. The first-order valence-electron chi connectivity index (χ1n) is 28.8. The average Bonchev–Trinajstić information content (AvgIpc) is 3.39. The molecule has 1 aliphatic carbocycles. The lowest BCUT2D eigenvalue weighted by Gasteiger charge is -2.50. The molecule has 19 N–H and O–H groups in total. The number of phosphoric ester groups is 1. The second-order valence-corrected chi connectivity index (χ2v) is 23.7. The third-order valence-electron chi connectivity index (χ3n) is 15.9. The Kier molecular flexibility index (Phi) is 30.6. The molecule has 5 aliphatic rings. The van der Waals surface area contributed by atoms with Gasteiger partial charge in [-0.25, -0.2) is 4.57 Å². The highest BCUT2D eigenvalue weighted by atomic mass is 31.2. The van der Waals surface area contributed by atoms with Crippen molar-refractivity contribution in [1.29, 1.82) is 0 Å². The molecule has 0 radical (unpaired) electrons. The van der Waals surface area contributed by atoms with Crippen LogP contribution in [0.3, 0.4) is 0 Å². The normalized spacial score (nSPS) is 41.8. The topological polar surface area (TPSA) is 511 Å². The van der Waals surface area contributed by atoms with E-state index in [1.807, 2.05) is 0 Å². The zero-order valence-corrected chi connectivity index (χ0v) is 47.4. The molecule has 32 heteroatoms. The van der Waals surface area contributed by atoms with Crippen LogP contribution >= 0.6 is 7.82 Å². The lowest BCUT2D eigenvalue weighted by molar-refractivity contribution is -0.339. The standard InChI is InChI=1S/C51H93O31P/c1-2-3-4-5-6-7-8-9-10-11-12-13-14-15-16-31(55)73-20-24(54)21-76-83(71,72)82-47-25(32(56)38(62)43(67)48(47)81-51-46(70)41(65)35(59)28(19-53)79-51)17-26-33(57)39(63)36(60)29(77-26)22-74-50-45(69)42(66)37(61)30(80-50)23-75-49-44(68)40(64)34(58)27(18-52)78-49/h24-30,32-54,56-70H,2-23H2,1H3,(H,71,72)/t24-,25?,26+,27?,28?,29?,30?,32?,33-,34+,35-,36+,37+,38-,39?,40?,41?,42?,43?,44+,45+,46-,47-,48-,49-,50-,51-/m1/s1. The van der Waals surface area contributed by atoms with Gasteiger partial charge in [0, 0.05) is 12.3 Å². The summed E-state index contributed by atoms with van der Waals surface area (Å²) >= 11 is 0. The second kappa shape index (κ2) is 35.1. The molecule has 4 saturated heterocycles. The Morgan fingerprint density at radius 3 is 1.35 bits per heavy atom. The lowest BCUT2D eigenvalue weighted by Crippen LogP contribution is -2.67. The summed E-state index contributed by atoms with van der Waals surface area (Å²) in [6.45, 7) is -2.95. The molecule has 5 rings (SSSR count). The summed E-state index contributed by atoms with van der Waals surface area (Å²) in [6, 6.07) is 0. The first kappa shape index (κ1) is 72.3. The maximum Gasteiger partial charge on any atom is 0.472 e. The minimum absolute atomic E-state index is 0.0364. The third kappa shape index (κ3) is 20.3. The van der Waals surface area contributed by atoms with Crippen LogP contribution in [-0.4, -0.2) is 302 Å². The number of rotatable bonds is 34. The van der Waals surface area contributed by atoms with E-state index >= 15 is 0 Å². The molecule has 0 aromatic rings. The molecule has 4 aliphatic heterocycles. The van der Waals surface area contributed by atoms with Gasteiger partial charge in [0.15, 0.2) is 18.9 Å². The largest absolute Gasteiger partial charge is 0.472 e. The van der Waals surface area contributed by atoms with Gasteiger partial charge in [0.05, 0.1) is 45.2 Å². The Morgan fingerprint density at radius 1 is 0.458 bits per heavy atom. The van der Waals surface area contributed by atoms with E-state index in [2.05, 4.69) is 6.92 Å². The van der Waals surface area contributed by atoms with Crippen molar-refractivity contribution < 1.29 is 153 Å². The fourth-order valence-corrected chi connectivity index (χ4v) is 11.7. The van der Waals surface area contributed by atoms with Gasteiger partial charge in [-0.1, -0.05) is 90.4 Å². The van der Waals surface area contributed by atoms with Crippen LogP contribution in [0.1, 0.15) is 110 Å². The first-order valence-corrected chi connectivity index (χ1v) is 30.3. The smallest absolute Gasteiger partial charge is 0.463 e. The minimum Gasteiger partial charge on any atom is -0.463 e. The van der Waals surface area contributed by atoms with Gasteiger partial charge in [-0.05, 0) is 12.8 Å². The average molecular weight is 1230 g/mol. The molecule has 488 valence electrons. The Morgan fingerprint density at radius 2 is 0.855 bits per heavy atom. The van der Waals surface area contributed by atoms with Crippen molar-refractivity contribution >= 4 is 13.8 Å². The molecule has 0 bridgehead atoms. The van der Waals surface area contributed by atoms with E-state index < -0.39 is 225 Å². The van der Waals surface area contributed by atoms with E-state index in [-0.39, 0.29) is 6.42 Å². The van der Waals surface area contributed by atoms with Gasteiger partial charge >= 0.3 is 13.8 Å². The lowest BCUT2D eigenvalue weighted by atomic mass is 9.74. The third-order valence-corrected chi connectivity index (χ3v) is 16.9. The molecule has 28 atom stereocenters. The van der Waals surface area contributed by atoms with Crippen LogP contribution in [0, 0.1) is 5.92 Å². The molecular formula is C51H93O31P. The van der Waals surface area contributed by atoms with Crippen molar-refractivity contribution in [3.63, 3.8) is 0 Å². The van der Waals surface area contributed by atoms with Crippen LogP contribution in [0.4, 0.5) is 0 Å². The highest BCUT2D eigenvalue weighted by Crippen LogP contribution is 2.50. The van der Waals surface area contributed by atoms with Gasteiger partial charge < -0.3 is 135 Å². The molecule has 12 unspecified atom stereocenters. The van der Waals surface area contributed by atoms with Gasteiger partial charge in [0.25, 0.3) is 0 Å². The van der Waals surface area contributed by atoms with Gasteiger partial charge in [-0.3, -0.25) is 13.8 Å². The zero-order valence-electron chi connectivity index (χ0n) is 46.5. The fourth-order valence-electron chi connectivity index (χ4n) is 10.7. The number of carbonyl (C=O) groups excluding carboxylic acids is 1. The number of carbonyl (C=O) groups is 1. The summed E-state index contributed by atoms with van der Waals surface area (Å²) in [7, 11) is -5.60. The van der Waals surface area contributed by atoms with E-state index in [1.165, 1.54) is 51.4 Å². The monoisotopic (exact) mass is 1230 g/mol. The number of aliphatic hydroxyl groups excluding tert-OH is 18. The van der Waals surface area contributed by atoms with Gasteiger partial charge in [-0.2, -0.15) is 0 Å². The minimum atomic E-state index is -5.60. The summed E-state index contributed by atoms with van der Waals surface area (Å²) < 4.78 is 68.3. The predicted molar refractivity (Wildman–Crippen MR) is 276 cm³/mol. The van der Waals surface area contributed by atoms with E-state index in [9.17, 15) is 106 Å². The highest BCUT2D eigenvalue weighted by molar-refractivity contribution is 7.47. The summed E-state index contributed by atoms with van der Waals surface area (Å²) in [5, 5.41) is 192. The number of ether oxygens (including phenoxy) is 8. The summed E-state index contributed by atoms with van der Waals surface area (Å²) in [6.07, 6.45) is -36.3. The molecule has 0 amide bonds. The molecule has 83 heavy (non-hydrogen) atoms. The second-order valence-electron chi connectivity index (χ2n) is 22.3. The Labute approximate surface area is 480 Å². The van der Waals surface area contributed by atoms with Crippen LogP contribution in [0.25, 0.3) is 0 Å². The van der Waals surface area contributed by atoms with Crippen molar-refractivity contribution in [3.05, 3.63) is 0 Å². The SMILES string of the molecule is CCCCCCCCCCCCCCCCC(=O)OC[C@@H](O)COP(=O)(O)O[C@@H]1C(C[C@@H]2OC(CO[C@@H]3OC(CO[C@@H]4OC(CO)[C@H](O)C(O)[C@@H]4O)[C@H](O)C(O)[C@@H]3O)[C@H](O)C(O)[C@@H]2O)C(O)[C@@H](O)C(O)[C@H]1O[C@H]1OC(CO)[C@@H](O)C(O)[C@H]1O. The maximum absolute atomic E-state index is 13.8. The van der Waals surface area contributed by atoms with Crippen LogP contribution in [0.5, 0.6) is 0 Å². The van der Waals surface area contributed by atoms with E-state index in [4.69, 9.17) is 46.9 Å². The summed E-state index contributed by atoms with van der Waals surface area (Å²) in [4.78, 5) is 23.6. The van der Waals surface area contributed by atoms with Crippen LogP contribution in [0.2, 0.25) is 0 Å². The zero-order chi connectivity index (χ0) is 61.3. The van der Waals surface area contributed by atoms with Gasteiger partial charge in [0.2, 0.25) is 0 Å². The van der Waals surface area contributed by atoms with Gasteiger partial charge in [-0.15, -0.1) is 0 Å². The van der Waals surface area contributed by atoms with Crippen LogP contribution < -0.4 is 0 Å². The molecule has 1 saturated carbocycles. The Hall–Kier alpha value is -1.42. The summed E-state index contributed by atoms with van der Waals surface area (Å²) in [5.41, 5.74) is 0. The fraction of sp³-hybridized carbons (Fsp3) is 0.980. The van der Waals surface area contributed by atoms with Crippen molar-refractivity contribution in [1.82, 2.24) is 0 Å². The number of unbranched alkanes of at least 4 members (excludes halogenated alkanes) is 13. The first-order chi connectivity index (χ1) is 39.4. The Bertz CT molecular complexity index is 1880. The molecule has 0 aromatic carbocycles. The molecule has 5 fully saturated rings. The van der Waals surface area contributed by atoms with Crippen molar-refractivity contribution in [2.75, 3.05) is 39.6 Å². The van der Waals surface area contributed by atoms with Crippen LogP contribution in [0.15, 0.2) is 0 Å². The van der Waals surface area contributed by atoms with E-state index in [0.29, 0.717) is 6.42 Å². The maximum atomic E-state index is 13.8. The van der Waals surface area contributed by atoms with E-state index in [0.717, 1.165) is 32.1 Å². The van der Waals surface area contributed by atoms with E-state index in [1.54, 1.807) is 0 Å². The van der Waals surface area contributed by atoms with Crippen molar-refractivity contribution in [2.24, 2.45) is 5.92 Å².